The lowest BCUT2D eigenvalue weighted by atomic mass is 10.0. The van der Waals surface area contributed by atoms with Gasteiger partial charge < -0.3 is 14.2 Å². The molecule has 0 aromatic carbocycles. The van der Waals surface area contributed by atoms with E-state index in [1.54, 1.807) is 0 Å². The van der Waals surface area contributed by atoms with E-state index in [-0.39, 0.29) is 31.1 Å². The van der Waals surface area contributed by atoms with Gasteiger partial charge in [0.05, 0.1) is 0 Å². The third-order valence-electron chi connectivity index (χ3n) is 16.4. The summed E-state index contributed by atoms with van der Waals surface area (Å²) in [5.74, 6) is -0.861. The Morgan fingerprint density at radius 1 is 0.250 bits per heavy atom. The Morgan fingerprint density at radius 3 is 0.713 bits per heavy atom. The second-order valence-corrected chi connectivity index (χ2v) is 24.5. The zero-order valence-corrected chi connectivity index (χ0v) is 54.1. The number of carbonyl (C=O) groups excluding carboxylic acids is 3. The van der Waals surface area contributed by atoms with Crippen LogP contribution in [0.1, 0.15) is 400 Å². The molecule has 0 radical (unpaired) electrons. The maximum absolute atomic E-state index is 12.9. The number of hydrogen-bond donors (Lipinski definition) is 0. The highest BCUT2D eigenvalue weighted by Gasteiger charge is 2.19. The molecule has 0 N–H and O–H groups in total. The van der Waals surface area contributed by atoms with Gasteiger partial charge in [-0.25, -0.2) is 0 Å². The van der Waals surface area contributed by atoms with Crippen molar-refractivity contribution in [3.05, 3.63) is 36.5 Å². The van der Waals surface area contributed by atoms with E-state index < -0.39 is 6.10 Å². The van der Waals surface area contributed by atoms with Crippen LogP contribution in [0, 0.1) is 0 Å². The van der Waals surface area contributed by atoms with E-state index in [1.165, 1.54) is 283 Å². The Labute approximate surface area is 499 Å². The van der Waals surface area contributed by atoms with E-state index in [2.05, 4.69) is 57.2 Å². The van der Waals surface area contributed by atoms with E-state index in [1.807, 2.05) is 0 Å². The fourth-order valence-corrected chi connectivity index (χ4v) is 10.9. The van der Waals surface area contributed by atoms with Gasteiger partial charge in [-0.3, -0.25) is 14.4 Å². The smallest absolute Gasteiger partial charge is 0.306 e. The third kappa shape index (κ3) is 66.4. The average Bonchev–Trinajstić information content (AvgIpc) is 3.46. The van der Waals surface area contributed by atoms with Gasteiger partial charge >= 0.3 is 17.9 Å². The molecular formula is C74H138O6. The number of hydrogen-bond acceptors (Lipinski definition) is 6. The van der Waals surface area contributed by atoms with Crippen molar-refractivity contribution in [2.24, 2.45) is 0 Å². The predicted molar refractivity (Wildman–Crippen MR) is 349 cm³/mol. The van der Waals surface area contributed by atoms with Crippen molar-refractivity contribution < 1.29 is 28.6 Å². The second-order valence-electron chi connectivity index (χ2n) is 24.5. The van der Waals surface area contributed by atoms with Crippen LogP contribution in [-0.4, -0.2) is 37.2 Å². The van der Waals surface area contributed by atoms with Crippen LogP contribution in [-0.2, 0) is 28.6 Å². The molecule has 0 aliphatic rings. The molecule has 0 aliphatic heterocycles. The maximum atomic E-state index is 12.9. The molecule has 0 saturated heterocycles. The number of allylic oxidation sites excluding steroid dienone is 6. The van der Waals surface area contributed by atoms with Crippen molar-refractivity contribution in [1.29, 1.82) is 0 Å². The first kappa shape index (κ1) is 77.6. The van der Waals surface area contributed by atoms with Crippen molar-refractivity contribution in [2.45, 2.75) is 406 Å². The van der Waals surface area contributed by atoms with Gasteiger partial charge in [-0.1, -0.05) is 340 Å². The molecule has 1 atom stereocenters. The zero-order valence-electron chi connectivity index (χ0n) is 54.1. The molecule has 6 nitrogen and oxygen atoms in total. The van der Waals surface area contributed by atoms with Crippen LogP contribution < -0.4 is 0 Å². The average molecular weight is 1120 g/mol. The van der Waals surface area contributed by atoms with E-state index in [4.69, 9.17) is 14.2 Å². The van der Waals surface area contributed by atoms with Crippen LogP contribution in [0.3, 0.4) is 0 Å². The number of unbranched alkanes of at least 4 members (excludes halogenated alkanes) is 50. The summed E-state index contributed by atoms with van der Waals surface area (Å²) >= 11 is 0. The SMILES string of the molecule is CCCCCC/C=C\C/C=C\CCCCCCCC(=O)OC(COC(=O)CCCCCCCCCCCCC)COC(=O)CCCCCCCCCCCCCCCCCCCCCCCCC/C=C\CCCCCCCCCC. The van der Waals surface area contributed by atoms with Crippen molar-refractivity contribution >= 4 is 17.9 Å². The number of rotatable bonds is 67. The summed E-state index contributed by atoms with van der Waals surface area (Å²) in [4.78, 5) is 38.3. The molecule has 0 fully saturated rings. The fourth-order valence-electron chi connectivity index (χ4n) is 10.9. The number of carbonyl (C=O) groups is 3. The van der Waals surface area contributed by atoms with E-state index in [9.17, 15) is 14.4 Å². The molecule has 6 heteroatoms. The fraction of sp³-hybridized carbons (Fsp3) is 0.878. The molecule has 1 unspecified atom stereocenters. The lowest BCUT2D eigenvalue weighted by Gasteiger charge is -2.18. The molecule has 0 heterocycles. The minimum Gasteiger partial charge on any atom is -0.462 e. The summed E-state index contributed by atoms with van der Waals surface area (Å²) in [5, 5.41) is 0. The third-order valence-corrected chi connectivity index (χ3v) is 16.4. The van der Waals surface area contributed by atoms with E-state index in [0.29, 0.717) is 19.3 Å². The van der Waals surface area contributed by atoms with Gasteiger partial charge in [-0.15, -0.1) is 0 Å². The molecule has 0 saturated carbocycles. The molecule has 0 aliphatic carbocycles. The number of esters is 3. The van der Waals surface area contributed by atoms with Crippen LogP contribution in [0.15, 0.2) is 36.5 Å². The summed E-state index contributed by atoms with van der Waals surface area (Å²) in [7, 11) is 0. The quantitative estimate of drug-likeness (QED) is 0.0261. The van der Waals surface area contributed by atoms with Gasteiger partial charge in [0.1, 0.15) is 13.2 Å². The lowest BCUT2D eigenvalue weighted by molar-refractivity contribution is -0.167. The summed E-state index contributed by atoms with van der Waals surface area (Å²) in [5.41, 5.74) is 0. The van der Waals surface area contributed by atoms with Gasteiger partial charge in [0.25, 0.3) is 0 Å². The first-order valence-corrected chi connectivity index (χ1v) is 36.0. The van der Waals surface area contributed by atoms with Crippen molar-refractivity contribution in [3.63, 3.8) is 0 Å². The minimum atomic E-state index is -0.776. The van der Waals surface area contributed by atoms with Gasteiger partial charge in [-0.2, -0.15) is 0 Å². The van der Waals surface area contributed by atoms with Crippen LogP contribution >= 0.6 is 0 Å². The van der Waals surface area contributed by atoms with Gasteiger partial charge in [0, 0.05) is 19.3 Å². The number of ether oxygens (including phenoxy) is 3. The van der Waals surface area contributed by atoms with Crippen LogP contribution in [0.5, 0.6) is 0 Å². The second kappa shape index (κ2) is 69.1. The highest BCUT2D eigenvalue weighted by molar-refractivity contribution is 5.71. The minimum absolute atomic E-state index is 0.0723. The molecule has 0 amide bonds. The highest BCUT2D eigenvalue weighted by Crippen LogP contribution is 2.19. The van der Waals surface area contributed by atoms with Crippen LogP contribution in [0.4, 0.5) is 0 Å². The molecule has 80 heavy (non-hydrogen) atoms. The van der Waals surface area contributed by atoms with E-state index >= 15 is 0 Å². The Morgan fingerprint density at radius 2 is 0.450 bits per heavy atom. The standard InChI is InChI=1S/C74H138O6/c1-4-7-10-13-16-19-22-24-26-28-29-30-31-32-33-34-35-36-37-38-39-40-41-42-43-44-45-46-48-49-52-55-58-61-64-67-73(76)79-70-71(69-78-72(75)66-63-60-57-54-51-21-18-15-12-9-6-3)80-74(77)68-65-62-59-56-53-50-47-27-25-23-20-17-14-11-8-5-2/h20,23,27-29,47,71H,4-19,21-22,24-26,30-46,48-70H2,1-3H3/b23-20-,29-28-,47-27-. The summed E-state index contributed by atoms with van der Waals surface area (Å²) in [6.45, 7) is 6.66. The van der Waals surface area contributed by atoms with Crippen molar-refractivity contribution in [3.8, 4) is 0 Å². The molecule has 0 rings (SSSR count). The zero-order chi connectivity index (χ0) is 57.8. The maximum Gasteiger partial charge on any atom is 0.306 e. The Bertz CT molecular complexity index is 1340. The topological polar surface area (TPSA) is 78.9 Å². The summed E-state index contributed by atoms with van der Waals surface area (Å²) < 4.78 is 16.9. The Kier molecular flexibility index (Phi) is 67.1. The normalized spacial score (nSPS) is 12.2. The molecule has 0 bridgehead atoms. The van der Waals surface area contributed by atoms with Crippen LogP contribution in [0.25, 0.3) is 0 Å². The van der Waals surface area contributed by atoms with Crippen LogP contribution in [0.2, 0.25) is 0 Å². The Hall–Kier alpha value is -2.37. The Balaban J connectivity index is 4.02. The molecule has 470 valence electrons. The first-order chi connectivity index (χ1) is 39.5. The first-order valence-electron chi connectivity index (χ1n) is 36.0. The summed E-state index contributed by atoms with van der Waals surface area (Å²) in [6.07, 6.45) is 86.3. The molecule has 0 spiro atoms. The van der Waals surface area contributed by atoms with Gasteiger partial charge in [-0.05, 0) is 77.0 Å². The van der Waals surface area contributed by atoms with E-state index in [0.717, 1.165) is 77.0 Å². The van der Waals surface area contributed by atoms with Crippen molar-refractivity contribution in [2.75, 3.05) is 13.2 Å². The van der Waals surface area contributed by atoms with Crippen molar-refractivity contribution in [1.82, 2.24) is 0 Å². The van der Waals surface area contributed by atoms with Gasteiger partial charge in [0.15, 0.2) is 6.10 Å². The molecule has 0 aromatic heterocycles. The largest absolute Gasteiger partial charge is 0.462 e. The highest BCUT2D eigenvalue weighted by atomic mass is 16.6. The lowest BCUT2D eigenvalue weighted by Crippen LogP contribution is -2.30. The molecular weight excluding hydrogens is 985 g/mol. The molecule has 0 aromatic rings. The predicted octanol–water partition coefficient (Wildman–Crippen LogP) is 24.7. The summed E-state index contributed by atoms with van der Waals surface area (Å²) in [6, 6.07) is 0. The van der Waals surface area contributed by atoms with Gasteiger partial charge in [0.2, 0.25) is 0 Å². The monoisotopic (exact) mass is 1120 g/mol.